The van der Waals surface area contributed by atoms with Gasteiger partial charge in [-0.2, -0.15) is 0 Å². The molecule has 0 aromatic heterocycles. The Bertz CT molecular complexity index is 499. The Balaban J connectivity index is 1.56. The van der Waals surface area contributed by atoms with E-state index in [4.69, 9.17) is 10.5 Å². The fourth-order valence-corrected chi connectivity index (χ4v) is 2.95. The second kappa shape index (κ2) is 6.48. The summed E-state index contributed by atoms with van der Waals surface area (Å²) >= 11 is 0. The molecule has 2 aliphatic carbocycles. The van der Waals surface area contributed by atoms with Crippen molar-refractivity contribution in [1.82, 2.24) is 0 Å². The molecular weight excluding hydrogens is 264 g/mol. The molecule has 2 saturated carbocycles. The van der Waals surface area contributed by atoms with E-state index in [1.807, 2.05) is 24.3 Å². The SMILES string of the molecule is N[C@@H]1CCC[C@H]1CC(=O)Nc1ccccc1OCC1CC1. The lowest BCUT2D eigenvalue weighted by Gasteiger charge is -2.16. The van der Waals surface area contributed by atoms with E-state index in [0.29, 0.717) is 18.3 Å². The molecule has 1 aromatic carbocycles. The molecule has 0 aliphatic heterocycles. The Morgan fingerprint density at radius 3 is 2.76 bits per heavy atom. The Hall–Kier alpha value is -1.55. The minimum absolute atomic E-state index is 0.0415. The van der Waals surface area contributed by atoms with Crippen molar-refractivity contribution in [3.63, 3.8) is 0 Å². The second-order valence-electron chi connectivity index (χ2n) is 6.36. The van der Waals surface area contributed by atoms with E-state index >= 15 is 0 Å². The topological polar surface area (TPSA) is 64.4 Å². The number of ether oxygens (including phenoxy) is 1. The molecule has 2 fully saturated rings. The summed E-state index contributed by atoms with van der Waals surface area (Å²) in [5, 5.41) is 2.98. The first-order chi connectivity index (χ1) is 10.2. The molecule has 114 valence electrons. The first-order valence-electron chi connectivity index (χ1n) is 7.99. The van der Waals surface area contributed by atoms with Crippen LogP contribution in [0.5, 0.6) is 5.75 Å². The summed E-state index contributed by atoms with van der Waals surface area (Å²) in [5.74, 6) is 1.84. The van der Waals surface area contributed by atoms with E-state index in [-0.39, 0.29) is 11.9 Å². The number of hydrogen-bond acceptors (Lipinski definition) is 3. The molecular formula is C17H24N2O2. The van der Waals surface area contributed by atoms with Gasteiger partial charge in [0.1, 0.15) is 5.75 Å². The van der Waals surface area contributed by atoms with Crippen LogP contribution in [-0.2, 0) is 4.79 Å². The van der Waals surface area contributed by atoms with Crippen LogP contribution in [0.25, 0.3) is 0 Å². The van der Waals surface area contributed by atoms with Gasteiger partial charge in [-0.05, 0) is 49.7 Å². The maximum atomic E-state index is 12.2. The van der Waals surface area contributed by atoms with Crippen LogP contribution < -0.4 is 15.8 Å². The maximum Gasteiger partial charge on any atom is 0.224 e. The number of carbonyl (C=O) groups is 1. The quantitative estimate of drug-likeness (QED) is 0.846. The largest absolute Gasteiger partial charge is 0.491 e. The van der Waals surface area contributed by atoms with Crippen LogP contribution in [0.3, 0.4) is 0 Å². The van der Waals surface area contributed by atoms with E-state index in [1.54, 1.807) is 0 Å². The minimum Gasteiger partial charge on any atom is -0.491 e. The molecule has 3 N–H and O–H groups in total. The zero-order valence-corrected chi connectivity index (χ0v) is 12.4. The number of para-hydroxylation sites is 2. The Labute approximate surface area is 126 Å². The van der Waals surface area contributed by atoms with Gasteiger partial charge in [0.2, 0.25) is 5.91 Å². The second-order valence-corrected chi connectivity index (χ2v) is 6.36. The predicted molar refractivity (Wildman–Crippen MR) is 83.2 cm³/mol. The maximum absolute atomic E-state index is 12.2. The highest BCUT2D eigenvalue weighted by atomic mass is 16.5. The first kappa shape index (κ1) is 14.4. The van der Waals surface area contributed by atoms with Crippen LogP contribution >= 0.6 is 0 Å². The van der Waals surface area contributed by atoms with Gasteiger partial charge in [-0.3, -0.25) is 4.79 Å². The van der Waals surface area contributed by atoms with Crippen molar-refractivity contribution in [2.45, 2.75) is 44.6 Å². The highest BCUT2D eigenvalue weighted by molar-refractivity contribution is 5.92. The van der Waals surface area contributed by atoms with E-state index in [0.717, 1.165) is 37.3 Å². The molecule has 1 aromatic rings. The van der Waals surface area contributed by atoms with E-state index < -0.39 is 0 Å². The Kier molecular flexibility index (Phi) is 4.44. The van der Waals surface area contributed by atoms with Gasteiger partial charge in [0.25, 0.3) is 0 Å². The number of benzene rings is 1. The molecule has 0 spiro atoms. The summed E-state index contributed by atoms with van der Waals surface area (Å²) in [4.78, 5) is 12.2. The van der Waals surface area contributed by atoms with Gasteiger partial charge >= 0.3 is 0 Å². The van der Waals surface area contributed by atoms with Crippen molar-refractivity contribution in [3.05, 3.63) is 24.3 Å². The fraction of sp³-hybridized carbons (Fsp3) is 0.588. The number of hydrogen-bond donors (Lipinski definition) is 2. The molecule has 4 nitrogen and oxygen atoms in total. The number of nitrogens with one attached hydrogen (secondary N) is 1. The monoisotopic (exact) mass is 288 g/mol. The highest BCUT2D eigenvalue weighted by Gasteiger charge is 2.26. The molecule has 1 amide bonds. The van der Waals surface area contributed by atoms with Crippen molar-refractivity contribution in [1.29, 1.82) is 0 Å². The third kappa shape index (κ3) is 3.97. The van der Waals surface area contributed by atoms with Crippen LogP contribution in [0.2, 0.25) is 0 Å². The summed E-state index contributed by atoms with van der Waals surface area (Å²) in [6.07, 6.45) is 6.27. The molecule has 0 saturated heterocycles. The van der Waals surface area contributed by atoms with Gasteiger partial charge in [0.15, 0.2) is 0 Å². The molecule has 4 heteroatoms. The lowest BCUT2D eigenvalue weighted by molar-refractivity contribution is -0.117. The number of amides is 1. The third-order valence-electron chi connectivity index (χ3n) is 4.50. The van der Waals surface area contributed by atoms with E-state index in [2.05, 4.69) is 5.32 Å². The predicted octanol–water partition coefficient (Wildman–Crippen LogP) is 2.93. The molecule has 2 atom stereocenters. The minimum atomic E-state index is 0.0415. The standard InChI is InChI=1S/C17H24N2O2/c18-14-5-3-4-13(14)10-17(20)19-15-6-1-2-7-16(15)21-11-12-8-9-12/h1-2,6-7,12-14H,3-5,8-11,18H2,(H,19,20)/t13-,14+/m0/s1. The zero-order chi connectivity index (χ0) is 14.7. The van der Waals surface area contributed by atoms with E-state index in [9.17, 15) is 4.79 Å². The lowest BCUT2D eigenvalue weighted by Crippen LogP contribution is -2.28. The summed E-state index contributed by atoms with van der Waals surface area (Å²) in [7, 11) is 0. The van der Waals surface area contributed by atoms with Crippen LogP contribution in [0.15, 0.2) is 24.3 Å². The Morgan fingerprint density at radius 2 is 2.05 bits per heavy atom. The van der Waals surface area contributed by atoms with Crippen LogP contribution in [0, 0.1) is 11.8 Å². The molecule has 2 aliphatic rings. The molecule has 21 heavy (non-hydrogen) atoms. The molecule has 0 radical (unpaired) electrons. The smallest absolute Gasteiger partial charge is 0.224 e. The average Bonchev–Trinajstić information content (AvgIpc) is 3.22. The van der Waals surface area contributed by atoms with Crippen molar-refractivity contribution < 1.29 is 9.53 Å². The Morgan fingerprint density at radius 1 is 1.24 bits per heavy atom. The summed E-state index contributed by atoms with van der Waals surface area (Å²) < 4.78 is 5.81. The van der Waals surface area contributed by atoms with Crippen molar-refractivity contribution in [2.75, 3.05) is 11.9 Å². The van der Waals surface area contributed by atoms with Crippen LogP contribution in [-0.4, -0.2) is 18.6 Å². The molecule has 0 bridgehead atoms. The van der Waals surface area contributed by atoms with Gasteiger partial charge in [-0.25, -0.2) is 0 Å². The summed E-state index contributed by atoms with van der Waals surface area (Å²) in [5.41, 5.74) is 6.81. The number of anilines is 1. The first-order valence-corrected chi connectivity index (χ1v) is 7.99. The van der Waals surface area contributed by atoms with Crippen molar-refractivity contribution in [3.8, 4) is 5.75 Å². The lowest BCUT2D eigenvalue weighted by atomic mass is 10.00. The van der Waals surface area contributed by atoms with Gasteiger partial charge < -0.3 is 15.8 Å². The van der Waals surface area contributed by atoms with Gasteiger partial charge in [0, 0.05) is 12.5 Å². The normalized spacial score (nSPS) is 24.8. The number of nitrogens with two attached hydrogens (primary N) is 1. The van der Waals surface area contributed by atoms with Crippen molar-refractivity contribution >= 4 is 11.6 Å². The van der Waals surface area contributed by atoms with Crippen LogP contribution in [0.4, 0.5) is 5.69 Å². The number of carbonyl (C=O) groups excluding carboxylic acids is 1. The third-order valence-corrected chi connectivity index (χ3v) is 4.50. The fourth-order valence-electron chi connectivity index (χ4n) is 2.95. The molecule has 0 unspecified atom stereocenters. The summed E-state index contributed by atoms with van der Waals surface area (Å²) in [6, 6.07) is 7.84. The van der Waals surface area contributed by atoms with Gasteiger partial charge in [0.05, 0.1) is 12.3 Å². The van der Waals surface area contributed by atoms with Gasteiger partial charge in [-0.1, -0.05) is 18.6 Å². The van der Waals surface area contributed by atoms with Crippen LogP contribution in [0.1, 0.15) is 38.5 Å². The average molecular weight is 288 g/mol. The summed E-state index contributed by atoms with van der Waals surface area (Å²) in [6.45, 7) is 0.750. The highest BCUT2D eigenvalue weighted by Crippen LogP contribution is 2.32. The molecule has 0 heterocycles. The molecule has 3 rings (SSSR count). The van der Waals surface area contributed by atoms with Crippen molar-refractivity contribution in [2.24, 2.45) is 17.6 Å². The number of rotatable bonds is 6. The van der Waals surface area contributed by atoms with E-state index in [1.165, 1.54) is 12.8 Å². The zero-order valence-electron chi connectivity index (χ0n) is 12.4. The van der Waals surface area contributed by atoms with Gasteiger partial charge in [-0.15, -0.1) is 0 Å².